The van der Waals surface area contributed by atoms with Gasteiger partial charge in [-0.15, -0.1) is 0 Å². The monoisotopic (exact) mass is 270 g/mol. The van der Waals surface area contributed by atoms with Crippen LogP contribution in [0.1, 0.15) is 23.2 Å². The van der Waals surface area contributed by atoms with Gasteiger partial charge in [0.15, 0.2) is 0 Å². The lowest BCUT2D eigenvalue weighted by Crippen LogP contribution is -2.28. The van der Waals surface area contributed by atoms with Gasteiger partial charge in [0.05, 0.1) is 23.9 Å². The summed E-state index contributed by atoms with van der Waals surface area (Å²) in [4.78, 5) is 11.1. The molecular formula is C13H16F2N2O2. The molecular weight excluding hydrogens is 254 g/mol. The third kappa shape index (κ3) is 3.20. The zero-order valence-corrected chi connectivity index (χ0v) is 10.6. The van der Waals surface area contributed by atoms with E-state index in [-0.39, 0.29) is 17.3 Å². The van der Waals surface area contributed by atoms with E-state index < -0.39 is 17.5 Å². The number of hydrogen-bond acceptors (Lipinski definition) is 3. The van der Waals surface area contributed by atoms with E-state index in [1.807, 2.05) is 0 Å². The van der Waals surface area contributed by atoms with Gasteiger partial charge in [0.25, 0.3) is 5.91 Å². The van der Waals surface area contributed by atoms with Crippen molar-refractivity contribution in [2.24, 2.45) is 11.7 Å². The quantitative estimate of drug-likeness (QED) is 0.829. The molecule has 1 aromatic carbocycles. The largest absolute Gasteiger partial charge is 0.383 e. The van der Waals surface area contributed by atoms with Crippen LogP contribution in [-0.4, -0.2) is 25.7 Å². The van der Waals surface area contributed by atoms with Crippen molar-refractivity contribution in [3.8, 4) is 0 Å². The Morgan fingerprint density at radius 1 is 1.47 bits per heavy atom. The van der Waals surface area contributed by atoms with Gasteiger partial charge in [-0.25, -0.2) is 8.78 Å². The van der Waals surface area contributed by atoms with E-state index >= 15 is 0 Å². The number of nitrogens with two attached hydrogens (primary N) is 1. The fourth-order valence-corrected chi connectivity index (χ4v) is 2.02. The van der Waals surface area contributed by atoms with Gasteiger partial charge >= 0.3 is 0 Å². The molecule has 1 aromatic rings. The van der Waals surface area contributed by atoms with Gasteiger partial charge in [-0.3, -0.25) is 4.79 Å². The van der Waals surface area contributed by atoms with Crippen molar-refractivity contribution in [1.82, 2.24) is 0 Å². The highest BCUT2D eigenvalue weighted by Gasteiger charge is 2.31. The van der Waals surface area contributed by atoms with Crippen LogP contribution in [0.5, 0.6) is 0 Å². The summed E-state index contributed by atoms with van der Waals surface area (Å²) < 4.78 is 32.1. The van der Waals surface area contributed by atoms with Crippen molar-refractivity contribution in [3.63, 3.8) is 0 Å². The summed E-state index contributed by atoms with van der Waals surface area (Å²) in [5, 5.41) is 2.96. The molecule has 1 aliphatic carbocycles. The number of methoxy groups -OCH3 is 1. The van der Waals surface area contributed by atoms with E-state index in [0.717, 1.165) is 18.9 Å². The van der Waals surface area contributed by atoms with Gasteiger partial charge in [-0.1, -0.05) is 0 Å². The molecule has 0 saturated heterocycles. The number of ether oxygens (including phenoxy) is 1. The van der Waals surface area contributed by atoms with E-state index in [2.05, 4.69) is 5.32 Å². The molecule has 4 nitrogen and oxygen atoms in total. The molecule has 0 heterocycles. The Morgan fingerprint density at radius 3 is 2.68 bits per heavy atom. The summed E-state index contributed by atoms with van der Waals surface area (Å²) in [6.45, 7) is 0.424. The Morgan fingerprint density at radius 2 is 2.16 bits per heavy atom. The smallest absolute Gasteiger partial charge is 0.251 e. The summed E-state index contributed by atoms with van der Waals surface area (Å²) in [5.41, 5.74) is 4.79. The molecule has 2 rings (SSSR count). The van der Waals surface area contributed by atoms with Gasteiger partial charge in [0.2, 0.25) is 0 Å². The first kappa shape index (κ1) is 13.7. The van der Waals surface area contributed by atoms with Crippen LogP contribution in [-0.2, 0) is 4.74 Å². The molecule has 0 spiro atoms. The molecule has 3 N–H and O–H groups in total. The van der Waals surface area contributed by atoms with Crippen LogP contribution in [0.25, 0.3) is 0 Å². The van der Waals surface area contributed by atoms with Crippen LogP contribution in [0.3, 0.4) is 0 Å². The Hall–Kier alpha value is -1.69. The van der Waals surface area contributed by atoms with E-state index in [4.69, 9.17) is 10.5 Å². The topological polar surface area (TPSA) is 64.3 Å². The van der Waals surface area contributed by atoms with Gasteiger partial charge < -0.3 is 15.8 Å². The maximum atomic E-state index is 13.7. The number of nitrogens with one attached hydrogen (secondary N) is 1. The minimum atomic E-state index is -0.953. The maximum absolute atomic E-state index is 13.7. The lowest BCUT2D eigenvalue weighted by molar-refractivity contribution is 0.0996. The number of carbonyl (C=O) groups excluding carboxylic acids is 1. The minimum Gasteiger partial charge on any atom is -0.383 e. The van der Waals surface area contributed by atoms with E-state index in [1.54, 1.807) is 7.11 Å². The fraction of sp³-hybridized carbons (Fsp3) is 0.462. The SMILES string of the molecule is COCC(Nc1cc(C(N)=O)c(F)cc1F)C1CC1. The highest BCUT2D eigenvalue weighted by atomic mass is 19.1. The number of rotatable bonds is 6. The molecule has 1 aliphatic rings. The molecule has 0 aromatic heterocycles. The van der Waals surface area contributed by atoms with Crippen molar-refractivity contribution in [2.45, 2.75) is 18.9 Å². The van der Waals surface area contributed by atoms with Gasteiger partial charge in [-0.05, 0) is 24.8 Å². The summed E-state index contributed by atoms with van der Waals surface area (Å²) in [6.07, 6.45) is 2.10. The first-order chi connectivity index (χ1) is 9.02. The molecule has 1 unspecified atom stereocenters. The molecule has 0 aliphatic heterocycles. The summed E-state index contributed by atoms with van der Waals surface area (Å²) >= 11 is 0. The number of primary amides is 1. The van der Waals surface area contributed by atoms with E-state index in [9.17, 15) is 13.6 Å². The average molecular weight is 270 g/mol. The summed E-state index contributed by atoms with van der Waals surface area (Å²) in [7, 11) is 1.56. The normalized spacial score (nSPS) is 16.2. The van der Waals surface area contributed by atoms with E-state index in [0.29, 0.717) is 18.6 Å². The first-order valence-corrected chi connectivity index (χ1v) is 6.07. The second-order valence-electron chi connectivity index (χ2n) is 4.72. The van der Waals surface area contributed by atoms with Gasteiger partial charge in [-0.2, -0.15) is 0 Å². The molecule has 19 heavy (non-hydrogen) atoms. The zero-order valence-electron chi connectivity index (χ0n) is 10.6. The molecule has 6 heteroatoms. The van der Waals surface area contributed by atoms with Crippen LogP contribution in [0.15, 0.2) is 12.1 Å². The lowest BCUT2D eigenvalue weighted by Gasteiger charge is -2.19. The number of anilines is 1. The molecule has 1 atom stereocenters. The van der Waals surface area contributed by atoms with Crippen molar-refractivity contribution in [3.05, 3.63) is 29.3 Å². The molecule has 0 radical (unpaired) electrons. The van der Waals surface area contributed by atoms with Crippen molar-refractivity contribution >= 4 is 11.6 Å². The maximum Gasteiger partial charge on any atom is 0.251 e. The number of hydrogen-bond donors (Lipinski definition) is 2. The van der Waals surface area contributed by atoms with Crippen molar-refractivity contribution in [1.29, 1.82) is 0 Å². The second-order valence-corrected chi connectivity index (χ2v) is 4.72. The first-order valence-electron chi connectivity index (χ1n) is 6.07. The van der Waals surface area contributed by atoms with Crippen LogP contribution in [0.2, 0.25) is 0 Å². The van der Waals surface area contributed by atoms with Crippen molar-refractivity contribution < 1.29 is 18.3 Å². The number of benzene rings is 1. The lowest BCUT2D eigenvalue weighted by atomic mass is 10.1. The Bertz CT molecular complexity index is 490. The van der Waals surface area contributed by atoms with Crippen molar-refractivity contribution in [2.75, 3.05) is 19.0 Å². The number of amides is 1. The van der Waals surface area contributed by atoms with Gasteiger partial charge in [0, 0.05) is 13.2 Å². The Labute approximate surface area is 109 Å². The highest BCUT2D eigenvalue weighted by molar-refractivity contribution is 5.94. The minimum absolute atomic E-state index is 0.0503. The zero-order chi connectivity index (χ0) is 14.0. The van der Waals surface area contributed by atoms with Crippen LogP contribution >= 0.6 is 0 Å². The van der Waals surface area contributed by atoms with E-state index in [1.165, 1.54) is 0 Å². The predicted octanol–water partition coefficient (Wildman–Crippen LogP) is 1.90. The third-order valence-electron chi connectivity index (χ3n) is 3.20. The predicted molar refractivity (Wildman–Crippen MR) is 66.9 cm³/mol. The average Bonchev–Trinajstić information content (AvgIpc) is 3.15. The molecule has 104 valence electrons. The highest BCUT2D eigenvalue weighted by Crippen LogP contribution is 2.35. The van der Waals surface area contributed by atoms with Crippen LogP contribution < -0.4 is 11.1 Å². The Balaban J connectivity index is 2.23. The van der Waals surface area contributed by atoms with Crippen LogP contribution in [0, 0.1) is 17.6 Å². The standard InChI is InChI=1S/C13H16F2N2O2/c1-19-6-12(7-2-3-7)17-11-4-8(13(16)18)9(14)5-10(11)15/h4-5,7,12,17H,2-3,6H2,1H3,(H2,16,18). The number of halogens is 2. The molecule has 1 fully saturated rings. The van der Waals surface area contributed by atoms with Gasteiger partial charge in [0.1, 0.15) is 11.6 Å². The molecule has 1 amide bonds. The molecule has 1 saturated carbocycles. The number of carbonyl (C=O) groups is 1. The van der Waals surface area contributed by atoms with Crippen LogP contribution in [0.4, 0.5) is 14.5 Å². The Kier molecular flexibility index (Phi) is 3.99. The fourth-order valence-electron chi connectivity index (χ4n) is 2.02. The molecule has 0 bridgehead atoms. The second kappa shape index (κ2) is 5.52. The third-order valence-corrected chi connectivity index (χ3v) is 3.20. The summed E-state index contributed by atoms with van der Waals surface area (Å²) in [6, 6.07) is 1.72. The summed E-state index contributed by atoms with van der Waals surface area (Å²) in [5.74, 6) is -2.20.